The largest absolute Gasteiger partial charge is 0.573 e. The van der Waals surface area contributed by atoms with Gasteiger partial charge in [-0.2, -0.15) is 0 Å². The average molecular weight is 228 g/mol. The molecule has 7 heteroatoms. The van der Waals surface area contributed by atoms with Gasteiger partial charge in [0, 0.05) is 11.6 Å². The van der Waals surface area contributed by atoms with Crippen LogP contribution in [0.25, 0.3) is 0 Å². The summed E-state index contributed by atoms with van der Waals surface area (Å²) in [5, 5.41) is 8.86. The molecule has 0 aromatic heterocycles. The lowest BCUT2D eigenvalue weighted by molar-refractivity contribution is -0.274. The third kappa shape index (κ3) is 3.61. The highest BCUT2D eigenvalue weighted by atomic mass is 19.4. The lowest BCUT2D eigenvalue weighted by Crippen LogP contribution is -2.17. The maximum absolute atomic E-state index is 12.1. The second-order valence-corrected chi connectivity index (χ2v) is 2.61. The predicted octanol–water partition coefficient (Wildman–Crippen LogP) is 3.23. The molecule has 0 aliphatic heterocycles. The summed E-state index contributed by atoms with van der Waals surface area (Å²) >= 11 is 0. The summed E-state index contributed by atoms with van der Waals surface area (Å²) in [7, 11) is 0. The van der Waals surface area contributed by atoms with Crippen LogP contribution < -0.4 is 4.74 Å². The van der Waals surface area contributed by atoms with Crippen molar-refractivity contribution in [1.82, 2.24) is 0 Å². The second-order valence-electron chi connectivity index (χ2n) is 2.61. The van der Waals surface area contributed by atoms with Crippen molar-refractivity contribution in [1.29, 1.82) is 0 Å². The van der Waals surface area contributed by atoms with Gasteiger partial charge in [0.25, 0.3) is 6.43 Å². The van der Waals surface area contributed by atoms with Crippen LogP contribution in [0.1, 0.15) is 12.0 Å². The molecule has 1 N–H and O–H groups in total. The highest BCUT2D eigenvalue weighted by molar-refractivity contribution is 5.38. The van der Waals surface area contributed by atoms with Crippen molar-refractivity contribution in [2.24, 2.45) is 0 Å². The summed E-state index contributed by atoms with van der Waals surface area (Å²) in [5.41, 5.74) is -0.741. The normalized spacial score (nSPS) is 11.9. The molecular weight excluding hydrogens is 223 g/mol. The summed E-state index contributed by atoms with van der Waals surface area (Å²) in [6.07, 6.45) is -7.96. The van der Waals surface area contributed by atoms with Crippen molar-refractivity contribution in [3.8, 4) is 11.5 Å². The topological polar surface area (TPSA) is 29.5 Å². The molecule has 2 nitrogen and oxygen atoms in total. The standard InChI is InChI=1S/C8H5F5O2/c9-7(10)4-1-5(14)3-6(2-4)15-8(11,12)13/h1-3,7,14H. The summed E-state index contributed by atoms with van der Waals surface area (Å²) in [5.74, 6) is -1.59. The zero-order valence-corrected chi connectivity index (χ0v) is 7.05. The number of rotatable bonds is 2. The van der Waals surface area contributed by atoms with Gasteiger partial charge in [0.05, 0.1) is 0 Å². The Morgan fingerprint density at radius 1 is 1.13 bits per heavy atom. The van der Waals surface area contributed by atoms with Crippen molar-refractivity contribution in [2.45, 2.75) is 12.8 Å². The Morgan fingerprint density at radius 2 is 1.73 bits per heavy atom. The van der Waals surface area contributed by atoms with E-state index in [0.717, 1.165) is 0 Å². The minimum atomic E-state index is -4.98. The fraction of sp³-hybridized carbons (Fsp3) is 0.250. The third-order valence-corrected chi connectivity index (χ3v) is 1.40. The maximum atomic E-state index is 12.1. The Balaban J connectivity index is 2.99. The third-order valence-electron chi connectivity index (χ3n) is 1.40. The molecule has 15 heavy (non-hydrogen) atoms. The number of hydrogen-bond acceptors (Lipinski definition) is 2. The minimum absolute atomic E-state index is 0.512. The van der Waals surface area contributed by atoms with Gasteiger partial charge < -0.3 is 9.84 Å². The van der Waals surface area contributed by atoms with E-state index in [1.807, 2.05) is 0 Å². The summed E-state index contributed by atoms with van der Waals surface area (Å²) in [6.45, 7) is 0. The fourth-order valence-corrected chi connectivity index (χ4v) is 0.924. The van der Waals surface area contributed by atoms with Crippen LogP contribution in [0.2, 0.25) is 0 Å². The van der Waals surface area contributed by atoms with Gasteiger partial charge in [0.15, 0.2) is 0 Å². The zero-order chi connectivity index (χ0) is 11.6. The van der Waals surface area contributed by atoms with E-state index < -0.39 is 29.9 Å². The molecule has 0 heterocycles. The molecule has 1 aromatic rings. The Hall–Kier alpha value is -1.53. The first-order valence-corrected chi connectivity index (χ1v) is 3.66. The van der Waals surface area contributed by atoms with Crippen LogP contribution in [-0.4, -0.2) is 11.5 Å². The van der Waals surface area contributed by atoms with Crippen molar-refractivity contribution in [3.05, 3.63) is 23.8 Å². The van der Waals surface area contributed by atoms with Crippen molar-refractivity contribution in [3.63, 3.8) is 0 Å². The molecule has 0 saturated carbocycles. The number of phenolic OH excluding ortho intramolecular Hbond substituents is 1. The molecule has 0 saturated heterocycles. The Bertz CT molecular complexity index is 347. The fourth-order valence-electron chi connectivity index (χ4n) is 0.924. The summed E-state index contributed by atoms with van der Waals surface area (Å²) in [6, 6.07) is 1.77. The van der Waals surface area contributed by atoms with E-state index in [2.05, 4.69) is 4.74 Å². The van der Waals surface area contributed by atoms with Crippen molar-refractivity contribution < 1.29 is 31.8 Å². The molecule has 0 radical (unpaired) electrons. The number of aromatic hydroxyl groups is 1. The first-order chi connectivity index (χ1) is 6.78. The summed E-state index contributed by atoms with van der Waals surface area (Å²) in [4.78, 5) is 0. The lowest BCUT2D eigenvalue weighted by Gasteiger charge is -2.10. The van der Waals surface area contributed by atoms with Gasteiger partial charge in [-0.15, -0.1) is 13.2 Å². The van der Waals surface area contributed by atoms with Crippen LogP contribution in [0.4, 0.5) is 22.0 Å². The van der Waals surface area contributed by atoms with E-state index in [1.165, 1.54) is 0 Å². The first kappa shape index (κ1) is 11.5. The van der Waals surface area contributed by atoms with Gasteiger partial charge in [-0.25, -0.2) is 8.78 Å². The van der Waals surface area contributed by atoms with Gasteiger partial charge in [-0.1, -0.05) is 0 Å². The molecule has 0 unspecified atom stereocenters. The predicted molar refractivity (Wildman–Crippen MR) is 39.7 cm³/mol. The van der Waals surface area contributed by atoms with Crippen LogP contribution in [-0.2, 0) is 0 Å². The first-order valence-electron chi connectivity index (χ1n) is 3.66. The van der Waals surface area contributed by atoms with Crippen LogP contribution in [0.3, 0.4) is 0 Å². The monoisotopic (exact) mass is 228 g/mol. The maximum Gasteiger partial charge on any atom is 0.573 e. The molecule has 84 valence electrons. The van der Waals surface area contributed by atoms with Gasteiger partial charge in [-0.05, 0) is 12.1 Å². The van der Waals surface area contributed by atoms with E-state index in [4.69, 9.17) is 5.11 Å². The number of benzene rings is 1. The molecule has 0 aliphatic rings. The SMILES string of the molecule is Oc1cc(OC(F)(F)F)cc(C(F)F)c1. The lowest BCUT2D eigenvalue weighted by atomic mass is 10.2. The highest BCUT2D eigenvalue weighted by Gasteiger charge is 2.31. The van der Waals surface area contributed by atoms with E-state index >= 15 is 0 Å². The van der Waals surface area contributed by atoms with E-state index in [0.29, 0.717) is 18.2 Å². The minimum Gasteiger partial charge on any atom is -0.508 e. The molecule has 0 aliphatic carbocycles. The van der Waals surface area contributed by atoms with Crippen LogP contribution >= 0.6 is 0 Å². The van der Waals surface area contributed by atoms with E-state index in [-0.39, 0.29) is 0 Å². The van der Waals surface area contributed by atoms with Gasteiger partial charge in [-0.3, -0.25) is 0 Å². The quantitative estimate of drug-likeness (QED) is 0.787. The van der Waals surface area contributed by atoms with E-state index in [9.17, 15) is 22.0 Å². The molecule has 0 spiro atoms. The van der Waals surface area contributed by atoms with Crippen molar-refractivity contribution in [2.75, 3.05) is 0 Å². The summed E-state index contributed by atoms with van der Waals surface area (Å²) < 4.78 is 62.7. The van der Waals surface area contributed by atoms with Crippen LogP contribution in [0, 0.1) is 0 Å². The Labute approximate surface area is 80.9 Å². The number of hydrogen-bond donors (Lipinski definition) is 1. The van der Waals surface area contributed by atoms with Gasteiger partial charge in [0.2, 0.25) is 0 Å². The van der Waals surface area contributed by atoms with Crippen molar-refractivity contribution >= 4 is 0 Å². The van der Waals surface area contributed by atoms with Crippen LogP contribution in [0.5, 0.6) is 11.5 Å². The molecular formula is C8H5F5O2. The molecule has 0 bridgehead atoms. The Kier molecular flexibility index (Phi) is 3.01. The number of ether oxygens (including phenoxy) is 1. The average Bonchev–Trinajstić information content (AvgIpc) is 1.99. The molecule has 0 atom stereocenters. The van der Waals surface area contributed by atoms with Gasteiger partial charge >= 0.3 is 6.36 Å². The molecule has 1 aromatic carbocycles. The molecule has 0 amide bonds. The zero-order valence-electron chi connectivity index (χ0n) is 7.05. The van der Waals surface area contributed by atoms with Gasteiger partial charge in [0.1, 0.15) is 11.5 Å². The second kappa shape index (κ2) is 3.92. The van der Waals surface area contributed by atoms with Crippen LogP contribution in [0.15, 0.2) is 18.2 Å². The smallest absolute Gasteiger partial charge is 0.508 e. The number of halogens is 5. The number of alkyl halides is 5. The highest BCUT2D eigenvalue weighted by Crippen LogP contribution is 2.31. The molecule has 1 rings (SSSR count). The molecule has 0 fully saturated rings. The van der Waals surface area contributed by atoms with E-state index in [1.54, 1.807) is 0 Å². The number of phenols is 1. The Morgan fingerprint density at radius 3 is 2.20 bits per heavy atom.